The molecule has 4 rings (SSSR count). The fourth-order valence-corrected chi connectivity index (χ4v) is 4.71. The van der Waals surface area contributed by atoms with E-state index in [4.69, 9.17) is 11.6 Å². The summed E-state index contributed by atoms with van der Waals surface area (Å²) in [7, 11) is 0. The second-order valence-electron chi connectivity index (χ2n) is 4.87. The molecular weight excluding hydrogens is 310 g/mol. The summed E-state index contributed by atoms with van der Waals surface area (Å²) in [5, 5.41) is 9.14. The summed E-state index contributed by atoms with van der Waals surface area (Å²) in [4.78, 5) is 11.1. The second kappa shape index (κ2) is 4.98. The van der Waals surface area contributed by atoms with Gasteiger partial charge in [-0.2, -0.15) is 0 Å². The number of hydrogen-bond donors (Lipinski definition) is 1. The van der Waals surface area contributed by atoms with Crippen LogP contribution < -0.4 is 5.32 Å². The molecule has 6 heteroatoms. The predicted molar refractivity (Wildman–Crippen MR) is 86.0 cm³/mol. The third-order valence-corrected chi connectivity index (χ3v) is 5.63. The molecule has 3 nitrogen and oxygen atoms in total. The Bertz CT molecular complexity index is 765. The Kier molecular flexibility index (Phi) is 3.13. The van der Waals surface area contributed by atoms with Crippen molar-refractivity contribution in [1.29, 1.82) is 0 Å². The zero-order valence-corrected chi connectivity index (χ0v) is 13.0. The van der Waals surface area contributed by atoms with Gasteiger partial charge in [0.2, 0.25) is 5.28 Å². The summed E-state index contributed by atoms with van der Waals surface area (Å²) in [6, 6.07) is 4.61. The van der Waals surface area contributed by atoms with Gasteiger partial charge < -0.3 is 5.32 Å². The molecule has 0 saturated carbocycles. The number of anilines is 1. The SMILES string of the molecule is Clc1nc(NC2CCCc3sccc32)c2ccsc2n1. The highest BCUT2D eigenvalue weighted by Crippen LogP contribution is 2.37. The Labute approximate surface area is 129 Å². The number of aryl methyl sites for hydroxylation is 1. The van der Waals surface area contributed by atoms with Crippen LogP contribution in [0.15, 0.2) is 22.9 Å². The van der Waals surface area contributed by atoms with Crippen LogP contribution in [0, 0.1) is 0 Å². The molecule has 102 valence electrons. The van der Waals surface area contributed by atoms with Gasteiger partial charge in [-0.05, 0) is 59.3 Å². The van der Waals surface area contributed by atoms with Crippen molar-refractivity contribution in [2.75, 3.05) is 5.32 Å². The first-order chi connectivity index (χ1) is 9.81. The van der Waals surface area contributed by atoms with E-state index in [2.05, 4.69) is 32.8 Å². The van der Waals surface area contributed by atoms with E-state index in [1.54, 1.807) is 11.3 Å². The first-order valence-electron chi connectivity index (χ1n) is 6.55. The molecule has 0 amide bonds. The average molecular weight is 322 g/mol. The number of fused-ring (bicyclic) bond motifs is 2. The minimum atomic E-state index is 0.309. The molecule has 1 aliphatic rings. The average Bonchev–Trinajstić information content (AvgIpc) is 3.06. The quantitative estimate of drug-likeness (QED) is 0.682. The van der Waals surface area contributed by atoms with Gasteiger partial charge in [-0.15, -0.1) is 22.7 Å². The highest BCUT2D eigenvalue weighted by molar-refractivity contribution is 7.16. The summed E-state index contributed by atoms with van der Waals surface area (Å²) in [6.07, 6.45) is 3.55. The van der Waals surface area contributed by atoms with E-state index in [9.17, 15) is 0 Å². The molecule has 20 heavy (non-hydrogen) atoms. The normalized spacial score (nSPS) is 18.1. The Hall–Kier alpha value is -1.17. The summed E-state index contributed by atoms with van der Waals surface area (Å²) in [5.74, 6) is 0.852. The van der Waals surface area contributed by atoms with Crippen LogP contribution in [0.5, 0.6) is 0 Å². The second-order valence-corrected chi connectivity index (χ2v) is 7.10. The molecule has 0 saturated heterocycles. The maximum Gasteiger partial charge on any atom is 0.225 e. The lowest BCUT2D eigenvalue weighted by Crippen LogP contribution is -2.16. The van der Waals surface area contributed by atoms with Crippen LogP contribution in [0.1, 0.15) is 29.3 Å². The smallest absolute Gasteiger partial charge is 0.225 e. The highest BCUT2D eigenvalue weighted by atomic mass is 35.5. The van der Waals surface area contributed by atoms with Crippen molar-refractivity contribution in [2.45, 2.75) is 25.3 Å². The van der Waals surface area contributed by atoms with Gasteiger partial charge in [0.1, 0.15) is 10.6 Å². The molecule has 1 N–H and O–H groups in total. The van der Waals surface area contributed by atoms with Crippen LogP contribution in [0.25, 0.3) is 10.2 Å². The standard InChI is InChI=1S/C14H12ClN3S2/c15-14-17-12(9-5-7-20-13(9)18-14)16-10-2-1-3-11-8(10)4-6-19-11/h4-7,10H,1-3H2,(H,16,17,18). The van der Waals surface area contributed by atoms with Crippen molar-refractivity contribution < 1.29 is 0 Å². The third-order valence-electron chi connectivity index (χ3n) is 3.66. The largest absolute Gasteiger partial charge is 0.363 e. The maximum atomic E-state index is 6.02. The molecule has 0 fully saturated rings. The minimum Gasteiger partial charge on any atom is -0.363 e. The van der Waals surface area contributed by atoms with Crippen LogP contribution in [-0.2, 0) is 6.42 Å². The molecule has 0 aromatic carbocycles. The van der Waals surface area contributed by atoms with Gasteiger partial charge >= 0.3 is 0 Å². The van der Waals surface area contributed by atoms with Crippen molar-refractivity contribution in [2.24, 2.45) is 0 Å². The van der Waals surface area contributed by atoms with Gasteiger partial charge in [0.25, 0.3) is 0 Å². The summed E-state index contributed by atoms with van der Waals surface area (Å²) in [5.41, 5.74) is 1.42. The van der Waals surface area contributed by atoms with E-state index in [0.717, 1.165) is 22.5 Å². The van der Waals surface area contributed by atoms with Crippen LogP contribution in [-0.4, -0.2) is 9.97 Å². The molecule has 0 bridgehead atoms. The highest BCUT2D eigenvalue weighted by Gasteiger charge is 2.22. The maximum absolute atomic E-state index is 6.02. The fraction of sp³-hybridized carbons (Fsp3) is 0.286. The van der Waals surface area contributed by atoms with Gasteiger partial charge in [-0.25, -0.2) is 9.97 Å². The van der Waals surface area contributed by atoms with Gasteiger partial charge in [-0.1, -0.05) is 0 Å². The molecule has 1 unspecified atom stereocenters. The lowest BCUT2D eigenvalue weighted by atomic mass is 9.94. The zero-order valence-electron chi connectivity index (χ0n) is 10.6. The molecule has 0 radical (unpaired) electrons. The van der Waals surface area contributed by atoms with E-state index < -0.39 is 0 Å². The third kappa shape index (κ3) is 2.10. The predicted octanol–water partition coefficient (Wildman–Crippen LogP) is 4.90. The van der Waals surface area contributed by atoms with Crippen LogP contribution in [0.3, 0.4) is 0 Å². The number of hydrogen-bond acceptors (Lipinski definition) is 5. The Morgan fingerprint density at radius 3 is 3.05 bits per heavy atom. The van der Waals surface area contributed by atoms with Crippen molar-refractivity contribution >= 4 is 50.3 Å². The van der Waals surface area contributed by atoms with Crippen molar-refractivity contribution in [3.05, 3.63) is 38.6 Å². The summed E-state index contributed by atoms with van der Waals surface area (Å²) >= 11 is 9.47. The molecule has 1 atom stereocenters. The lowest BCUT2D eigenvalue weighted by Gasteiger charge is -2.24. The van der Waals surface area contributed by atoms with Crippen LogP contribution in [0.2, 0.25) is 5.28 Å². The van der Waals surface area contributed by atoms with E-state index in [1.807, 2.05) is 16.7 Å². The molecule has 3 aromatic heterocycles. The molecular formula is C14H12ClN3S2. The Morgan fingerprint density at radius 1 is 1.20 bits per heavy atom. The van der Waals surface area contributed by atoms with Gasteiger partial charge in [0.15, 0.2) is 0 Å². The van der Waals surface area contributed by atoms with Crippen molar-refractivity contribution in [1.82, 2.24) is 9.97 Å². The molecule has 1 aliphatic carbocycles. The summed E-state index contributed by atoms with van der Waals surface area (Å²) < 4.78 is 0. The molecule has 0 aliphatic heterocycles. The number of thiophene rings is 2. The van der Waals surface area contributed by atoms with Gasteiger partial charge in [-0.3, -0.25) is 0 Å². The fourth-order valence-electron chi connectivity index (χ4n) is 2.74. The first kappa shape index (κ1) is 12.6. The summed E-state index contributed by atoms with van der Waals surface area (Å²) in [6.45, 7) is 0. The molecule has 0 spiro atoms. The topological polar surface area (TPSA) is 37.8 Å². The van der Waals surface area contributed by atoms with Gasteiger partial charge in [0, 0.05) is 4.88 Å². The van der Waals surface area contributed by atoms with E-state index in [0.29, 0.717) is 11.3 Å². The number of nitrogens with one attached hydrogen (secondary N) is 1. The minimum absolute atomic E-state index is 0.309. The number of nitrogens with zero attached hydrogens (tertiary/aromatic N) is 2. The van der Waals surface area contributed by atoms with Gasteiger partial charge in [0.05, 0.1) is 11.4 Å². The first-order valence-corrected chi connectivity index (χ1v) is 8.68. The number of aromatic nitrogens is 2. The lowest BCUT2D eigenvalue weighted by molar-refractivity contribution is 0.607. The van der Waals surface area contributed by atoms with E-state index in [1.165, 1.54) is 23.3 Å². The Balaban J connectivity index is 1.74. The van der Waals surface area contributed by atoms with Crippen LogP contribution >= 0.6 is 34.3 Å². The van der Waals surface area contributed by atoms with E-state index in [-0.39, 0.29) is 0 Å². The number of rotatable bonds is 2. The monoisotopic (exact) mass is 321 g/mol. The van der Waals surface area contributed by atoms with E-state index >= 15 is 0 Å². The molecule has 3 aromatic rings. The zero-order chi connectivity index (χ0) is 13.5. The van der Waals surface area contributed by atoms with Crippen LogP contribution in [0.4, 0.5) is 5.82 Å². The molecule has 3 heterocycles. The van der Waals surface area contributed by atoms with Crippen molar-refractivity contribution in [3.63, 3.8) is 0 Å². The Morgan fingerprint density at radius 2 is 2.10 bits per heavy atom. The number of halogens is 1. The van der Waals surface area contributed by atoms with Crippen molar-refractivity contribution in [3.8, 4) is 0 Å².